The van der Waals surface area contributed by atoms with Gasteiger partial charge in [-0.15, -0.1) is 0 Å². The molecule has 0 bridgehead atoms. The quantitative estimate of drug-likeness (QED) is 0.517. The number of nitrogens with one attached hydrogen (secondary N) is 2. The van der Waals surface area contributed by atoms with Crippen molar-refractivity contribution in [2.24, 2.45) is 0 Å². The number of benzene rings is 3. The van der Waals surface area contributed by atoms with Crippen molar-refractivity contribution in [3.05, 3.63) is 71.8 Å². The highest BCUT2D eigenvalue weighted by molar-refractivity contribution is 6.02. The maximum atomic E-state index is 12.2. The van der Waals surface area contributed by atoms with E-state index in [2.05, 4.69) is 10.6 Å². The Morgan fingerprint density at radius 3 is 2.29 bits per heavy atom. The van der Waals surface area contributed by atoms with Crippen LogP contribution in [0.15, 0.2) is 60.7 Å². The Balaban J connectivity index is 1.38. The average molecular weight is 418 g/mol. The SMILES string of the molecule is Cc1cc(C)cc(NC(=O)COC(=O)CCCC(=O)Nc2cccc3ccccc23)c1. The van der Waals surface area contributed by atoms with Gasteiger partial charge in [0.15, 0.2) is 6.61 Å². The summed E-state index contributed by atoms with van der Waals surface area (Å²) in [4.78, 5) is 36.1. The van der Waals surface area contributed by atoms with Crippen LogP contribution in [0.5, 0.6) is 0 Å². The van der Waals surface area contributed by atoms with Crippen LogP contribution in [0, 0.1) is 13.8 Å². The van der Waals surface area contributed by atoms with Crippen LogP contribution >= 0.6 is 0 Å². The maximum Gasteiger partial charge on any atom is 0.306 e. The zero-order valence-electron chi connectivity index (χ0n) is 17.7. The molecule has 160 valence electrons. The third-order valence-corrected chi connectivity index (χ3v) is 4.72. The predicted octanol–water partition coefficient (Wildman–Crippen LogP) is 4.75. The molecule has 0 unspecified atom stereocenters. The van der Waals surface area contributed by atoms with Crippen molar-refractivity contribution >= 4 is 39.9 Å². The van der Waals surface area contributed by atoms with E-state index in [0.717, 1.165) is 27.6 Å². The second-order valence-corrected chi connectivity index (χ2v) is 7.51. The van der Waals surface area contributed by atoms with Crippen LogP contribution in [0.3, 0.4) is 0 Å². The van der Waals surface area contributed by atoms with E-state index in [1.165, 1.54) is 0 Å². The van der Waals surface area contributed by atoms with Crippen molar-refractivity contribution in [1.82, 2.24) is 0 Å². The summed E-state index contributed by atoms with van der Waals surface area (Å²) >= 11 is 0. The highest BCUT2D eigenvalue weighted by Crippen LogP contribution is 2.23. The number of ether oxygens (including phenoxy) is 1. The molecular formula is C25H26N2O4. The van der Waals surface area contributed by atoms with E-state index in [1.54, 1.807) is 0 Å². The summed E-state index contributed by atoms with van der Waals surface area (Å²) in [6.07, 6.45) is 0.598. The van der Waals surface area contributed by atoms with Crippen LogP contribution in [0.2, 0.25) is 0 Å². The van der Waals surface area contributed by atoms with Crippen molar-refractivity contribution in [3.63, 3.8) is 0 Å². The molecule has 0 saturated heterocycles. The largest absolute Gasteiger partial charge is 0.456 e. The highest BCUT2D eigenvalue weighted by atomic mass is 16.5. The lowest BCUT2D eigenvalue weighted by atomic mass is 10.1. The number of hydrogen-bond donors (Lipinski definition) is 2. The summed E-state index contributed by atoms with van der Waals surface area (Å²) in [6, 6.07) is 19.2. The smallest absolute Gasteiger partial charge is 0.306 e. The first-order chi connectivity index (χ1) is 14.9. The Morgan fingerprint density at radius 2 is 1.52 bits per heavy atom. The lowest BCUT2D eigenvalue weighted by Crippen LogP contribution is -2.21. The summed E-state index contributed by atoms with van der Waals surface area (Å²) in [5.74, 6) is -1.07. The highest BCUT2D eigenvalue weighted by Gasteiger charge is 2.11. The first-order valence-electron chi connectivity index (χ1n) is 10.2. The molecule has 0 aromatic heterocycles. The number of amides is 2. The van der Waals surface area contributed by atoms with Gasteiger partial charge in [0, 0.05) is 29.6 Å². The Labute approximate surface area is 181 Å². The van der Waals surface area contributed by atoms with E-state index in [4.69, 9.17) is 4.74 Å². The normalized spacial score (nSPS) is 10.5. The molecule has 2 N–H and O–H groups in total. The third-order valence-electron chi connectivity index (χ3n) is 4.72. The van der Waals surface area contributed by atoms with Crippen LogP contribution in [0.25, 0.3) is 10.8 Å². The summed E-state index contributed by atoms with van der Waals surface area (Å²) in [6.45, 7) is 3.53. The molecule has 2 amide bonds. The lowest BCUT2D eigenvalue weighted by Gasteiger charge is -2.09. The van der Waals surface area contributed by atoms with Crippen LogP contribution in [0.4, 0.5) is 11.4 Å². The third kappa shape index (κ3) is 6.67. The van der Waals surface area contributed by atoms with E-state index in [9.17, 15) is 14.4 Å². The molecule has 0 atom stereocenters. The molecule has 0 aliphatic carbocycles. The van der Waals surface area contributed by atoms with Gasteiger partial charge in [0.1, 0.15) is 0 Å². The predicted molar refractivity (Wildman–Crippen MR) is 122 cm³/mol. The van der Waals surface area contributed by atoms with Crippen molar-refractivity contribution < 1.29 is 19.1 Å². The zero-order valence-corrected chi connectivity index (χ0v) is 17.7. The molecule has 3 rings (SSSR count). The van der Waals surface area contributed by atoms with Gasteiger partial charge in [0.25, 0.3) is 5.91 Å². The number of rotatable bonds is 8. The topological polar surface area (TPSA) is 84.5 Å². The lowest BCUT2D eigenvalue weighted by molar-refractivity contribution is -0.147. The van der Waals surface area contributed by atoms with Crippen LogP contribution < -0.4 is 10.6 Å². The van der Waals surface area contributed by atoms with Crippen LogP contribution in [0.1, 0.15) is 30.4 Å². The minimum atomic E-state index is -0.506. The summed E-state index contributed by atoms with van der Waals surface area (Å²) in [7, 11) is 0. The summed E-state index contributed by atoms with van der Waals surface area (Å²) in [5, 5.41) is 7.61. The van der Waals surface area contributed by atoms with E-state index >= 15 is 0 Å². The minimum absolute atomic E-state index is 0.0692. The number of fused-ring (bicyclic) bond motifs is 1. The average Bonchev–Trinajstić information content (AvgIpc) is 2.72. The maximum absolute atomic E-state index is 12.2. The second kappa shape index (κ2) is 10.4. The van der Waals surface area contributed by atoms with E-state index in [-0.39, 0.29) is 25.4 Å². The molecular weight excluding hydrogens is 392 g/mol. The van der Waals surface area contributed by atoms with Gasteiger partial charge < -0.3 is 15.4 Å². The van der Waals surface area contributed by atoms with Crippen LogP contribution in [-0.2, 0) is 19.1 Å². The Bertz CT molecular complexity index is 1080. The van der Waals surface area contributed by atoms with Crippen molar-refractivity contribution in [3.8, 4) is 0 Å². The molecule has 6 nitrogen and oxygen atoms in total. The zero-order chi connectivity index (χ0) is 22.2. The van der Waals surface area contributed by atoms with Gasteiger partial charge in [-0.25, -0.2) is 0 Å². The van der Waals surface area contributed by atoms with Gasteiger partial charge in [0.2, 0.25) is 5.91 Å². The molecule has 3 aromatic rings. The van der Waals surface area contributed by atoms with Crippen molar-refractivity contribution in [1.29, 1.82) is 0 Å². The van der Waals surface area contributed by atoms with Gasteiger partial charge in [-0.1, -0.05) is 42.5 Å². The molecule has 0 heterocycles. The Hall–Kier alpha value is -3.67. The Morgan fingerprint density at radius 1 is 0.806 bits per heavy atom. The van der Waals surface area contributed by atoms with Gasteiger partial charge in [-0.05, 0) is 55.0 Å². The molecule has 0 radical (unpaired) electrons. The van der Waals surface area contributed by atoms with E-state index < -0.39 is 11.9 Å². The molecule has 0 aliphatic rings. The number of carbonyl (C=O) groups is 3. The fourth-order valence-electron chi connectivity index (χ4n) is 3.40. The van der Waals surface area contributed by atoms with Crippen molar-refractivity contribution in [2.45, 2.75) is 33.1 Å². The van der Waals surface area contributed by atoms with Crippen molar-refractivity contribution in [2.75, 3.05) is 17.2 Å². The van der Waals surface area contributed by atoms with Gasteiger partial charge in [-0.3, -0.25) is 14.4 Å². The van der Waals surface area contributed by atoms with E-state index in [0.29, 0.717) is 12.1 Å². The first kappa shape index (κ1) is 22.0. The second-order valence-electron chi connectivity index (χ2n) is 7.51. The molecule has 0 fully saturated rings. The number of esters is 1. The van der Waals surface area contributed by atoms with Crippen LogP contribution in [-0.4, -0.2) is 24.4 Å². The number of anilines is 2. The molecule has 3 aromatic carbocycles. The monoisotopic (exact) mass is 418 g/mol. The molecule has 0 aliphatic heterocycles. The fourth-order valence-corrected chi connectivity index (χ4v) is 3.40. The number of aryl methyl sites for hydroxylation is 2. The molecule has 6 heteroatoms. The van der Waals surface area contributed by atoms with Gasteiger partial charge >= 0.3 is 5.97 Å². The van der Waals surface area contributed by atoms with Gasteiger partial charge in [-0.2, -0.15) is 0 Å². The molecule has 31 heavy (non-hydrogen) atoms. The number of hydrogen-bond acceptors (Lipinski definition) is 4. The summed E-state index contributed by atoms with van der Waals surface area (Å²) in [5.41, 5.74) is 3.49. The Kier molecular flexibility index (Phi) is 7.38. The molecule has 0 spiro atoms. The summed E-state index contributed by atoms with van der Waals surface area (Å²) < 4.78 is 5.01. The van der Waals surface area contributed by atoms with Gasteiger partial charge in [0.05, 0.1) is 0 Å². The minimum Gasteiger partial charge on any atom is -0.456 e. The molecule has 0 saturated carbocycles. The standard InChI is InChI=1S/C25H26N2O4/c1-17-13-18(2)15-20(14-17)26-24(29)16-31-25(30)12-6-11-23(28)27-22-10-5-8-19-7-3-4-9-21(19)22/h3-5,7-10,13-15H,6,11-12,16H2,1-2H3,(H,26,29)(H,27,28). The first-order valence-corrected chi connectivity index (χ1v) is 10.2. The fraction of sp³-hybridized carbons (Fsp3) is 0.240. The van der Waals surface area contributed by atoms with E-state index in [1.807, 2.05) is 74.5 Å². The number of carbonyl (C=O) groups excluding carboxylic acids is 3.